The van der Waals surface area contributed by atoms with Gasteiger partial charge < -0.3 is 15.2 Å². The molecule has 2 rings (SSSR count). The molecule has 1 aromatic carbocycles. The lowest BCUT2D eigenvalue weighted by Crippen LogP contribution is -2.26. The number of aliphatic hydroxyl groups is 1. The normalized spacial score (nSPS) is 12.2. The maximum absolute atomic E-state index is 9.90. The number of hydrogen-bond donors (Lipinski definition) is 2. The summed E-state index contributed by atoms with van der Waals surface area (Å²) in [5.74, 6) is 0.446. The topological polar surface area (TPSA) is 67.3 Å². The molecule has 7 heteroatoms. The Kier molecular flexibility index (Phi) is 5.33. The third-order valence-electron chi connectivity index (χ3n) is 2.71. The van der Waals surface area contributed by atoms with E-state index in [1.807, 2.05) is 19.9 Å². The van der Waals surface area contributed by atoms with Gasteiger partial charge in [-0.2, -0.15) is 4.37 Å². The van der Waals surface area contributed by atoms with Crippen LogP contribution in [0.1, 0.15) is 11.1 Å². The molecule has 2 aromatic rings. The summed E-state index contributed by atoms with van der Waals surface area (Å²) in [4.78, 5) is 0. The Hall–Kier alpha value is -1.18. The van der Waals surface area contributed by atoms with Gasteiger partial charge in [0, 0.05) is 11.0 Å². The number of rotatable bonds is 6. The van der Waals surface area contributed by atoms with Gasteiger partial charge in [0.1, 0.15) is 18.9 Å². The first kappa shape index (κ1) is 15.2. The Bertz CT molecular complexity index is 540. The summed E-state index contributed by atoms with van der Waals surface area (Å²) in [7, 11) is 0. The molecule has 108 valence electrons. The molecule has 5 nitrogen and oxygen atoms in total. The monoisotopic (exact) mass is 357 g/mol. The summed E-state index contributed by atoms with van der Waals surface area (Å²) in [6, 6.07) is 4.14. The fourth-order valence-electron chi connectivity index (χ4n) is 1.82. The van der Waals surface area contributed by atoms with Gasteiger partial charge in [-0.1, -0.05) is 6.07 Å². The van der Waals surface area contributed by atoms with Gasteiger partial charge in [-0.05, 0) is 47.0 Å². The highest BCUT2D eigenvalue weighted by atomic mass is 79.9. The van der Waals surface area contributed by atoms with E-state index in [0.717, 1.165) is 27.5 Å². The van der Waals surface area contributed by atoms with Crippen LogP contribution in [0.15, 0.2) is 22.8 Å². The van der Waals surface area contributed by atoms with Gasteiger partial charge >= 0.3 is 0 Å². The molecule has 0 aliphatic carbocycles. The number of halogens is 1. The van der Waals surface area contributed by atoms with E-state index in [2.05, 4.69) is 36.1 Å². The van der Waals surface area contributed by atoms with Gasteiger partial charge in [0.05, 0.1) is 17.4 Å². The van der Waals surface area contributed by atoms with Crippen LogP contribution in [0.3, 0.4) is 0 Å². The second-order valence-corrected chi connectivity index (χ2v) is 5.94. The van der Waals surface area contributed by atoms with Crippen molar-refractivity contribution in [2.75, 3.05) is 18.5 Å². The van der Waals surface area contributed by atoms with Crippen molar-refractivity contribution in [1.82, 2.24) is 8.75 Å². The summed E-state index contributed by atoms with van der Waals surface area (Å²) < 4.78 is 14.0. The average Bonchev–Trinajstić information content (AvgIpc) is 2.88. The van der Waals surface area contributed by atoms with Gasteiger partial charge in [-0.25, -0.2) is 0 Å². The quantitative estimate of drug-likeness (QED) is 0.831. The first-order valence-electron chi connectivity index (χ1n) is 6.15. The van der Waals surface area contributed by atoms with Gasteiger partial charge in [0.25, 0.3) is 0 Å². The largest absolute Gasteiger partial charge is 0.473 e. The van der Waals surface area contributed by atoms with Gasteiger partial charge in [0.15, 0.2) is 0 Å². The third kappa shape index (κ3) is 4.16. The molecule has 0 spiro atoms. The minimum absolute atomic E-state index is 0.181. The maximum atomic E-state index is 9.90. The first-order valence-corrected chi connectivity index (χ1v) is 7.67. The molecular weight excluding hydrogens is 342 g/mol. The number of hydrogen-bond acceptors (Lipinski definition) is 6. The SMILES string of the molecule is Cc1cc(C)c(NCC(O)COc2cnsn2)c(Br)c1. The van der Waals surface area contributed by atoms with Crippen LogP contribution in [0.2, 0.25) is 0 Å². The van der Waals surface area contributed by atoms with Crippen LogP contribution in [0.4, 0.5) is 5.69 Å². The van der Waals surface area contributed by atoms with Crippen molar-refractivity contribution in [1.29, 1.82) is 0 Å². The van der Waals surface area contributed by atoms with Crippen molar-refractivity contribution in [3.63, 3.8) is 0 Å². The number of aliphatic hydroxyl groups excluding tert-OH is 1. The fraction of sp³-hybridized carbons (Fsp3) is 0.385. The summed E-state index contributed by atoms with van der Waals surface area (Å²) in [6.07, 6.45) is 0.912. The van der Waals surface area contributed by atoms with Gasteiger partial charge in [-0.3, -0.25) is 0 Å². The Balaban J connectivity index is 1.85. The zero-order valence-electron chi connectivity index (χ0n) is 11.3. The summed E-state index contributed by atoms with van der Waals surface area (Å²) in [5.41, 5.74) is 3.32. The predicted molar refractivity (Wildman–Crippen MR) is 83.5 cm³/mol. The molecule has 1 unspecified atom stereocenters. The second kappa shape index (κ2) is 7.01. The maximum Gasteiger partial charge on any atom is 0.245 e. The fourth-order valence-corrected chi connectivity index (χ4v) is 3.00. The average molecular weight is 358 g/mol. The van der Waals surface area contributed by atoms with Gasteiger partial charge in [-0.15, -0.1) is 4.37 Å². The number of nitrogens with zero attached hydrogens (tertiary/aromatic N) is 2. The standard InChI is InChI=1S/C13H16BrN3O2S/c1-8-3-9(2)13(11(14)4-8)15-5-10(18)7-19-12-6-16-20-17-12/h3-4,6,10,15,18H,5,7H2,1-2H3. The molecule has 1 aromatic heterocycles. The van der Waals surface area contributed by atoms with E-state index in [4.69, 9.17) is 4.74 Å². The Morgan fingerprint density at radius 3 is 2.90 bits per heavy atom. The van der Waals surface area contributed by atoms with Crippen LogP contribution in [0, 0.1) is 13.8 Å². The van der Waals surface area contributed by atoms with Crippen LogP contribution < -0.4 is 10.1 Å². The molecule has 20 heavy (non-hydrogen) atoms. The number of ether oxygens (including phenoxy) is 1. The minimum Gasteiger partial charge on any atom is -0.473 e. The molecule has 0 radical (unpaired) electrons. The van der Waals surface area contributed by atoms with Gasteiger partial charge in [0.2, 0.25) is 5.88 Å². The molecule has 0 aliphatic rings. The minimum atomic E-state index is -0.621. The number of aryl methyl sites for hydroxylation is 2. The van der Waals surface area contributed by atoms with E-state index in [9.17, 15) is 5.11 Å². The zero-order valence-corrected chi connectivity index (χ0v) is 13.7. The number of aromatic nitrogens is 2. The number of benzene rings is 1. The van der Waals surface area contributed by atoms with Crippen LogP contribution in [0.5, 0.6) is 5.88 Å². The van der Waals surface area contributed by atoms with Crippen molar-refractivity contribution < 1.29 is 9.84 Å². The molecule has 0 amide bonds. The smallest absolute Gasteiger partial charge is 0.245 e. The lowest BCUT2D eigenvalue weighted by molar-refractivity contribution is 0.115. The Labute approximate surface area is 130 Å². The zero-order chi connectivity index (χ0) is 14.5. The molecule has 2 N–H and O–H groups in total. The van der Waals surface area contributed by atoms with Crippen LogP contribution in [-0.4, -0.2) is 33.1 Å². The lowest BCUT2D eigenvalue weighted by Gasteiger charge is -2.16. The predicted octanol–water partition coefficient (Wildman–Crippen LogP) is 2.77. The van der Waals surface area contributed by atoms with E-state index in [1.165, 1.54) is 11.8 Å². The van der Waals surface area contributed by atoms with Crippen molar-refractivity contribution in [3.05, 3.63) is 33.9 Å². The molecule has 1 atom stereocenters. The Morgan fingerprint density at radius 2 is 2.25 bits per heavy atom. The van der Waals surface area contributed by atoms with E-state index in [-0.39, 0.29) is 6.61 Å². The molecule has 0 bridgehead atoms. The van der Waals surface area contributed by atoms with E-state index in [1.54, 1.807) is 0 Å². The molecular formula is C13H16BrN3O2S. The van der Waals surface area contributed by atoms with Crippen LogP contribution in [-0.2, 0) is 0 Å². The Morgan fingerprint density at radius 1 is 1.45 bits per heavy atom. The third-order valence-corrected chi connectivity index (χ3v) is 3.80. The van der Waals surface area contributed by atoms with Crippen LogP contribution >= 0.6 is 27.7 Å². The molecule has 0 saturated heterocycles. The number of anilines is 1. The molecule has 0 fully saturated rings. The highest BCUT2D eigenvalue weighted by Crippen LogP contribution is 2.27. The molecule has 0 aliphatic heterocycles. The first-order chi connectivity index (χ1) is 9.56. The lowest BCUT2D eigenvalue weighted by atomic mass is 10.1. The van der Waals surface area contributed by atoms with Crippen molar-refractivity contribution >= 4 is 33.3 Å². The highest BCUT2D eigenvalue weighted by molar-refractivity contribution is 9.10. The van der Waals surface area contributed by atoms with E-state index >= 15 is 0 Å². The number of nitrogens with one attached hydrogen (secondary N) is 1. The van der Waals surface area contributed by atoms with E-state index in [0.29, 0.717) is 12.4 Å². The highest BCUT2D eigenvalue weighted by Gasteiger charge is 2.09. The van der Waals surface area contributed by atoms with Crippen molar-refractivity contribution in [2.45, 2.75) is 20.0 Å². The summed E-state index contributed by atoms with van der Waals surface area (Å²) >= 11 is 4.60. The van der Waals surface area contributed by atoms with Crippen molar-refractivity contribution in [3.8, 4) is 5.88 Å². The molecule has 0 saturated carbocycles. The summed E-state index contributed by atoms with van der Waals surface area (Å²) in [6.45, 7) is 4.66. The summed E-state index contributed by atoms with van der Waals surface area (Å²) in [5, 5.41) is 13.1. The molecule has 1 heterocycles. The second-order valence-electron chi connectivity index (χ2n) is 4.53. The van der Waals surface area contributed by atoms with Crippen LogP contribution in [0.25, 0.3) is 0 Å². The van der Waals surface area contributed by atoms with E-state index < -0.39 is 6.10 Å². The van der Waals surface area contributed by atoms with Crippen molar-refractivity contribution in [2.24, 2.45) is 0 Å².